The van der Waals surface area contributed by atoms with Crippen LogP contribution in [0.2, 0.25) is 0 Å². The van der Waals surface area contributed by atoms with Crippen LogP contribution in [0.4, 0.5) is 5.69 Å². The molecule has 2 N–H and O–H groups in total. The van der Waals surface area contributed by atoms with Gasteiger partial charge in [0.2, 0.25) is 0 Å². The van der Waals surface area contributed by atoms with Gasteiger partial charge in [-0.3, -0.25) is 4.68 Å². The molecule has 0 saturated heterocycles. The molecule has 0 fully saturated rings. The molecule has 0 aliphatic carbocycles. The normalized spacial score (nSPS) is 10.8. The lowest BCUT2D eigenvalue weighted by Gasteiger charge is -2.20. The molecule has 1 heterocycles. The minimum atomic E-state index is 0.590. The number of rotatable bonds is 6. The van der Waals surface area contributed by atoms with E-state index in [1.54, 1.807) is 0 Å². The Hall–Kier alpha value is -1.81. The molecule has 2 aromatic rings. The topological polar surface area (TPSA) is 47.1 Å². The van der Waals surface area contributed by atoms with E-state index in [4.69, 9.17) is 5.73 Å². The molecule has 2 rings (SSSR count). The number of aromatic nitrogens is 2. The van der Waals surface area contributed by atoms with Gasteiger partial charge in [-0.25, -0.2) is 0 Å². The summed E-state index contributed by atoms with van der Waals surface area (Å²) < 4.78 is 2.09. The van der Waals surface area contributed by atoms with Gasteiger partial charge in [0, 0.05) is 25.8 Å². The van der Waals surface area contributed by atoms with Crippen LogP contribution in [0, 0.1) is 0 Å². The zero-order valence-electron chi connectivity index (χ0n) is 12.6. The van der Waals surface area contributed by atoms with E-state index in [0.29, 0.717) is 6.54 Å². The Labute approximate surface area is 121 Å². The van der Waals surface area contributed by atoms with Crippen LogP contribution in [0.1, 0.15) is 30.8 Å². The van der Waals surface area contributed by atoms with Crippen molar-refractivity contribution in [3.05, 3.63) is 47.3 Å². The zero-order valence-corrected chi connectivity index (χ0v) is 12.6. The first-order valence-electron chi connectivity index (χ1n) is 7.23. The van der Waals surface area contributed by atoms with Crippen molar-refractivity contribution in [3.63, 3.8) is 0 Å². The Kier molecular flexibility index (Phi) is 4.79. The first-order chi connectivity index (χ1) is 9.67. The molecule has 0 amide bonds. The van der Waals surface area contributed by atoms with Gasteiger partial charge in [-0.05, 0) is 37.1 Å². The molecule has 4 heteroatoms. The van der Waals surface area contributed by atoms with Crippen molar-refractivity contribution in [1.82, 2.24) is 9.78 Å². The number of nitrogens with two attached hydrogens (primary N) is 1. The number of hydrogen-bond donors (Lipinski definition) is 1. The molecule has 0 radical (unpaired) electrons. The van der Waals surface area contributed by atoms with Gasteiger partial charge in [0.05, 0.1) is 17.9 Å². The van der Waals surface area contributed by atoms with Crippen molar-refractivity contribution in [3.8, 4) is 0 Å². The van der Waals surface area contributed by atoms with Crippen LogP contribution >= 0.6 is 0 Å². The van der Waals surface area contributed by atoms with Gasteiger partial charge >= 0.3 is 0 Å². The average Bonchev–Trinajstić information content (AvgIpc) is 2.89. The Morgan fingerprint density at radius 3 is 2.45 bits per heavy atom. The summed E-state index contributed by atoms with van der Waals surface area (Å²) in [5.41, 5.74) is 10.4. The summed E-state index contributed by atoms with van der Waals surface area (Å²) in [5.74, 6) is 0. The molecule has 0 saturated carbocycles. The maximum Gasteiger partial charge on any atom is 0.0625 e. The Bertz CT molecular complexity index is 542. The van der Waals surface area contributed by atoms with E-state index < -0.39 is 0 Å². The van der Waals surface area contributed by atoms with E-state index in [-0.39, 0.29) is 0 Å². The van der Waals surface area contributed by atoms with Crippen LogP contribution in [0.5, 0.6) is 0 Å². The number of nitrogens with zero attached hydrogens (tertiary/aromatic N) is 3. The quantitative estimate of drug-likeness (QED) is 0.879. The SMILES string of the molecule is CCc1cc(CN(C)c2ccc(CN)cc2)n(CC)n1. The molecule has 0 aliphatic heterocycles. The minimum absolute atomic E-state index is 0.590. The predicted molar refractivity (Wildman–Crippen MR) is 83.7 cm³/mol. The molecule has 20 heavy (non-hydrogen) atoms. The summed E-state index contributed by atoms with van der Waals surface area (Å²) in [6.07, 6.45) is 0.981. The summed E-state index contributed by atoms with van der Waals surface area (Å²) in [5, 5.41) is 4.59. The third-order valence-corrected chi connectivity index (χ3v) is 3.59. The molecule has 108 valence electrons. The van der Waals surface area contributed by atoms with Crippen molar-refractivity contribution < 1.29 is 0 Å². The molecule has 1 aromatic heterocycles. The minimum Gasteiger partial charge on any atom is -0.369 e. The van der Waals surface area contributed by atoms with E-state index in [0.717, 1.165) is 30.8 Å². The van der Waals surface area contributed by atoms with E-state index in [9.17, 15) is 0 Å². The van der Waals surface area contributed by atoms with Crippen LogP contribution in [-0.2, 0) is 26.1 Å². The highest BCUT2D eigenvalue weighted by Crippen LogP contribution is 2.17. The maximum absolute atomic E-state index is 5.63. The summed E-state index contributed by atoms with van der Waals surface area (Å²) in [4.78, 5) is 2.24. The molecule has 4 nitrogen and oxygen atoms in total. The molecule has 0 aliphatic rings. The molecule has 0 spiro atoms. The van der Waals surface area contributed by atoms with E-state index in [1.807, 2.05) is 0 Å². The van der Waals surface area contributed by atoms with Gasteiger partial charge in [0.25, 0.3) is 0 Å². The van der Waals surface area contributed by atoms with Crippen molar-refractivity contribution in [2.45, 2.75) is 39.9 Å². The highest BCUT2D eigenvalue weighted by atomic mass is 15.3. The highest BCUT2D eigenvalue weighted by molar-refractivity contribution is 5.47. The highest BCUT2D eigenvalue weighted by Gasteiger charge is 2.09. The van der Waals surface area contributed by atoms with Gasteiger partial charge < -0.3 is 10.6 Å². The standard InChI is InChI=1S/C16H24N4/c1-4-14-10-16(20(5-2)18-14)12-19(3)15-8-6-13(11-17)7-9-15/h6-10H,4-5,11-12,17H2,1-3H3. The van der Waals surface area contributed by atoms with Crippen LogP contribution in [-0.4, -0.2) is 16.8 Å². The number of aryl methyl sites for hydroxylation is 2. The van der Waals surface area contributed by atoms with E-state index in [2.05, 4.69) is 65.9 Å². The summed E-state index contributed by atoms with van der Waals surface area (Å²) in [6, 6.07) is 10.6. The Morgan fingerprint density at radius 2 is 1.90 bits per heavy atom. The summed E-state index contributed by atoms with van der Waals surface area (Å²) >= 11 is 0. The van der Waals surface area contributed by atoms with Crippen LogP contribution in [0.25, 0.3) is 0 Å². The van der Waals surface area contributed by atoms with E-state index in [1.165, 1.54) is 11.4 Å². The molecular weight excluding hydrogens is 248 g/mol. The second kappa shape index (κ2) is 6.57. The monoisotopic (exact) mass is 272 g/mol. The lowest BCUT2D eigenvalue weighted by Crippen LogP contribution is -2.19. The first kappa shape index (κ1) is 14.6. The van der Waals surface area contributed by atoms with Gasteiger partial charge in [0.15, 0.2) is 0 Å². The number of benzene rings is 1. The van der Waals surface area contributed by atoms with Gasteiger partial charge in [0.1, 0.15) is 0 Å². The van der Waals surface area contributed by atoms with E-state index >= 15 is 0 Å². The zero-order chi connectivity index (χ0) is 14.5. The average molecular weight is 272 g/mol. The lowest BCUT2D eigenvalue weighted by atomic mass is 10.2. The lowest BCUT2D eigenvalue weighted by molar-refractivity contribution is 0.610. The molecule has 1 aromatic carbocycles. The third kappa shape index (κ3) is 3.20. The van der Waals surface area contributed by atoms with Gasteiger partial charge in [-0.1, -0.05) is 19.1 Å². The Balaban J connectivity index is 2.13. The van der Waals surface area contributed by atoms with Crippen molar-refractivity contribution >= 4 is 5.69 Å². The number of anilines is 1. The second-order valence-corrected chi connectivity index (χ2v) is 5.02. The van der Waals surface area contributed by atoms with Crippen LogP contribution < -0.4 is 10.6 Å². The second-order valence-electron chi connectivity index (χ2n) is 5.02. The third-order valence-electron chi connectivity index (χ3n) is 3.59. The Morgan fingerprint density at radius 1 is 1.20 bits per heavy atom. The molecule has 0 bridgehead atoms. The van der Waals surface area contributed by atoms with Crippen molar-refractivity contribution in [2.24, 2.45) is 5.73 Å². The maximum atomic E-state index is 5.63. The van der Waals surface area contributed by atoms with Gasteiger partial charge in [-0.15, -0.1) is 0 Å². The van der Waals surface area contributed by atoms with Crippen LogP contribution in [0.3, 0.4) is 0 Å². The fraction of sp³-hybridized carbons (Fsp3) is 0.438. The molecular formula is C16H24N4. The largest absolute Gasteiger partial charge is 0.369 e. The fourth-order valence-corrected chi connectivity index (χ4v) is 2.31. The summed E-state index contributed by atoms with van der Waals surface area (Å²) in [6.45, 7) is 6.64. The first-order valence-corrected chi connectivity index (χ1v) is 7.23. The van der Waals surface area contributed by atoms with Gasteiger partial charge in [-0.2, -0.15) is 5.10 Å². The smallest absolute Gasteiger partial charge is 0.0625 e. The number of hydrogen-bond acceptors (Lipinski definition) is 3. The fourth-order valence-electron chi connectivity index (χ4n) is 2.31. The van der Waals surface area contributed by atoms with Crippen molar-refractivity contribution in [1.29, 1.82) is 0 Å². The predicted octanol–water partition coefficient (Wildman–Crippen LogP) is 2.56. The summed E-state index contributed by atoms with van der Waals surface area (Å²) in [7, 11) is 2.11. The van der Waals surface area contributed by atoms with Crippen molar-refractivity contribution in [2.75, 3.05) is 11.9 Å². The molecule has 0 unspecified atom stereocenters. The molecule has 0 atom stereocenters. The van der Waals surface area contributed by atoms with Crippen LogP contribution in [0.15, 0.2) is 30.3 Å².